The molecule has 19 heavy (non-hydrogen) atoms. The maximum atomic E-state index is 12.1. The third-order valence-electron chi connectivity index (χ3n) is 3.61. The molecule has 1 N–H and O–H groups in total. The van der Waals surface area contributed by atoms with E-state index in [2.05, 4.69) is 0 Å². The summed E-state index contributed by atoms with van der Waals surface area (Å²) in [6.45, 7) is 1.29. The van der Waals surface area contributed by atoms with Crippen LogP contribution in [0.5, 0.6) is 5.75 Å². The van der Waals surface area contributed by atoms with Gasteiger partial charge in [-0.05, 0) is 50.1 Å². The molecule has 1 fully saturated rings. The van der Waals surface area contributed by atoms with Gasteiger partial charge in [-0.2, -0.15) is 0 Å². The topological polar surface area (TPSA) is 49.8 Å². The van der Waals surface area contributed by atoms with Gasteiger partial charge < -0.3 is 9.84 Å². The molecule has 0 heterocycles. The molecule has 0 unspecified atom stereocenters. The van der Waals surface area contributed by atoms with Gasteiger partial charge in [-0.3, -0.25) is 9.69 Å². The first-order valence-electron chi connectivity index (χ1n) is 6.62. The first-order valence-corrected chi connectivity index (χ1v) is 6.62. The molecule has 0 spiro atoms. The molecule has 0 radical (unpaired) electrons. The Kier molecular flexibility index (Phi) is 4.56. The van der Waals surface area contributed by atoms with E-state index >= 15 is 0 Å². The van der Waals surface area contributed by atoms with Gasteiger partial charge in [-0.1, -0.05) is 0 Å². The summed E-state index contributed by atoms with van der Waals surface area (Å²) in [4.78, 5) is 14.1. The number of benzene rings is 1. The van der Waals surface area contributed by atoms with Gasteiger partial charge in [-0.15, -0.1) is 0 Å². The Labute approximate surface area is 114 Å². The Hall–Kier alpha value is -1.39. The molecule has 2 rings (SSSR count). The van der Waals surface area contributed by atoms with Crippen LogP contribution >= 0.6 is 0 Å². The van der Waals surface area contributed by atoms with Gasteiger partial charge in [0.25, 0.3) is 0 Å². The maximum Gasteiger partial charge on any atom is 0.176 e. The second-order valence-corrected chi connectivity index (χ2v) is 5.34. The van der Waals surface area contributed by atoms with Crippen molar-refractivity contribution >= 4 is 5.78 Å². The first kappa shape index (κ1) is 14.0. The number of rotatable bonds is 6. The SMILES string of the molecule is COc1ccc(C(=O)CN(C)CC2CC(O)C2)cc1. The van der Waals surface area contributed by atoms with Crippen LogP contribution in [0, 0.1) is 5.92 Å². The monoisotopic (exact) mass is 263 g/mol. The van der Waals surface area contributed by atoms with Crippen molar-refractivity contribution in [3.63, 3.8) is 0 Å². The van der Waals surface area contributed by atoms with Crippen LogP contribution in [0.25, 0.3) is 0 Å². The number of carbonyl (C=O) groups is 1. The summed E-state index contributed by atoms with van der Waals surface area (Å²) in [5.74, 6) is 1.40. The highest BCUT2D eigenvalue weighted by Crippen LogP contribution is 2.27. The highest BCUT2D eigenvalue weighted by atomic mass is 16.5. The molecule has 0 saturated heterocycles. The zero-order valence-corrected chi connectivity index (χ0v) is 11.5. The lowest BCUT2D eigenvalue weighted by molar-refractivity contribution is 0.0286. The average molecular weight is 263 g/mol. The number of carbonyl (C=O) groups excluding carboxylic acids is 1. The van der Waals surface area contributed by atoms with Crippen LogP contribution in [0.4, 0.5) is 0 Å². The molecule has 0 aliphatic heterocycles. The molecule has 1 aromatic carbocycles. The molecular weight excluding hydrogens is 242 g/mol. The van der Waals surface area contributed by atoms with E-state index in [1.165, 1.54) is 0 Å². The fourth-order valence-corrected chi connectivity index (χ4v) is 2.47. The minimum Gasteiger partial charge on any atom is -0.497 e. The standard InChI is InChI=1S/C15H21NO3/c1-16(9-11-7-13(17)8-11)10-15(18)12-3-5-14(19-2)6-4-12/h3-6,11,13,17H,7-10H2,1-2H3. The molecule has 4 heteroatoms. The fourth-order valence-electron chi connectivity index (χ4n) is 2.47. The summed E-state index contributed by atoms with van der Waals surface area (Å²) in [7, 11) is 3.56. The summed E-state index contributed by atoms with van der Waals surface area (Å²) in [5.41, 5.74) is 0.710. The Bertz CT molecular complexity index is 424. The first-order chi connectivity index (χ1) is 9.08. The number of aliphatic hydroxyl groups is 1. The average Bonchev–Trinajstić information content (AvgIpc) is 2.37. The number of likely N-dealkylation sites (N-methyl/N-ethyl adjacent to an activating group) is 1. The molecule has 0 atom stereocenters. The van der Waals surface area contributed by atoms with Crippen LogP contribution in [0.3, 0.4) is 0 Å². The van der Waals surface area contributed by atoms with Crippen molar-refractivity contribution in [2.45, 2.75) is 18.9 Å². The van der Waals surface area contributed by atoms with E-state index in [1.54, 1.807) is 31.4 Å². The van der Waals surface area contributed by atoms with Crippen molar-refractivity contribution in [2.24, 2.45) is 5.92 Å². The molecule has 0 aromatic heterocycles. The predicted octanol–water partition coefficient (Wildman–Crippen LogP) is 1.58. The number of aliphatic hydroxyl groups excluding tert-OH is 1. The summed E-state index contributed by atoms with van der Waals surface area (Å²) in [6.07, 6.45) is 1.60. The predicted molar refractivity (Wildman–Crippen MR) is 73.6 cm³/mol. The molecule has 1 aliphatic carbocycles. The van der Waals surface area contributed by atoms with Crippen LogP contribution in [0.15, 0.2) is 24.3 Å². The van der Waals surface area contributed by atoms with Gasteiger partial charge >= 0.3 is 0 Å². The Balaban J connectivity index is 1.82. The van der Waals surface area contributed by atoms with E-state index in [0.29, 0.717) is 18.0 Å². The van der Waals surface area contributed by atoms with E-state index in [9.17, 15) is 9.90 Å². The molecule has 0 amide bonds. The van der Waals surface area contributed by atoms with Crippen LogP contribution < -0.4 is 4.74 Å². The Morgan fingerprint density at radius 1 is 1.37 bits per heavy atom. The van der Waals surface area contributed by atoms with Gasteiger partial charge in [-0.25, -0.2) is 0 Å². The molecule has 104 valence electrons. The lowest BCUT2D eigenvalue weighted by Crippen LogP contribution is -2.38. The third-order valence-corrected chi connectivity index (χ3v) is 3.61. The van der Waals surface area contributed by atoms with E-state index in [1.807, 2.05) is 11.9 Å². The van der Waals surface area contributed by atoms with Crippen LogP contribution in [-0.4, -0.2) is 49.1 Å². The zero-order valence-electron chi connectivity index (χ0n) is 11.5. The van der Waals surface area contributed by atoms with Crippen molar-refractivity contribution in [3.8, 4) is 5.75 Å². The summed E-state index contributed by atoms with van der Waals surface area (Å²) in [6, 6.07) is 7.19. The summed E-state index contributed by atoms with van der Waals surface area (Å²) in [5, 5.41) is 9.24. The lowest BCUT2D eigenvalue weighted by Gasteiger charge is -2.34. The van der Waals surface area contributed by atoms with Crippen LogP contribution in [0.1, 0.15) is 23.2 Å². The number of Topliss-reactive ketones (excluding diaryl/α,β-unsaturated/α-hetero) is 1. The van der Waals surface area contributed by atoms with Crippen LogP contribution in [0.2, 0.25) is 0 Å². The molecule has 1 aromatic rings. The normalized spacial score (nSPS) is 22.1. The maximum absolute atomic E-state index is 12.1. The lowest BCUT2D eigenvalue weighted by atomic mass is 9.82. The quantitative estimate of drug-likeness (QED) is 0.792. The molecule has 4 nitrogen and oxygen atoms in total. The van der Waals surface area contributed by atoms with E-state index in [0.717, 1.165) is 25.1 Å². The van der Waals surface area contributed by atoms with Crippen molar-refractivity contribution in [2.75, 3.05) is 27.2 Å². The van der Waals surface area contributed by atoms with E-state index in [4.69, 9.17) is 4.74 Å². The zero-order chi connectivity index (χ0) is 13.8. The van der Waals surface area contributed by atoms with Crippen molar-refractivity contribution in [1.29, 1.82) is 0 Å². The Morgan fingerprint density at radius 3 is 2.53 bits per heavy atom. The van der Waals surface area contributed by atoms with Gasteiger partial charge in [0.2, 0.25) is 0 Å². The summed E-state index contributed by atoms with van der Waals surface area (Å²) < 4.78 is 5.07. The Morgan fingerprint density at radius 2 is 2.00 bits per heavy atom. The van der Waals surface area contributed by atoms with Gasteiger partial charge in [0, 0.05) is 12.1 Å². The number of ether oxygens (including phenoxy) is 1. The molecular formula is C15H21NO3. The van der Waals surface area contributed by atoms with Crippen molar-refractivity contribution in [3.05, 3.63) is 29.8 Å². The largest absolute Gasteiger partial charge is 0.497 e. The van der Waals surface area contributed by atoms with Gasteiger partial charge in [0.05, 0.1) is 19.8 Å². The highest BCUT2D eigenvalue weighted by molar-refractivity contribution is 5.97. The van der Waals surface area contributed by atoms with E-state index < -0.39 is 0 Å². The minimum absolute atomic E-state index is 0.116. The number of ketones is 1. The molecule has 0 bridgehead atoms. The van der Waals surface area contributed by atoms with Gasteiger partial charge in [0.15, 0.2) is 5.78 Å². The number of hydrogen-bond donors (Lipinski definition) is 1. The van der Waals surface area contributed by atoms with Crippen molar-refractivity contribution < 1.29 is 14.6 Å². The van der Waals surface area contributed by atoms with E-state index in [-0.39, 0.29) is 11.9 Å². The van der Waals surface area contributed by atoms with Gasteiger partial charge in [0.1, 0.15) is 5.75 Å². The second kappa shape index (κ2) is 6.17. The number of hydrogen-bond acceptors (Lipinski definition) is 4. The number of nitrogens with zero attached hydrogens (tertiary/aromatic N) is 1. The molecule has 1 saturated carbocycles. The van der Waals surface area contributed by atoms with Crippen molar-refractivity contribution in [1.82, 2.24) is 4.90 Å². The minimum atomic E-state index is -0.129. The molecule has 1 aliphatic rings. The smallest absolute Gasteiger partial charge is 0.176 e. The summed E-state index contributed by atoms with van der Waals surface area (Å²) >= 11 is 0. The highest BCUT2D eigenvalue weighted by Gasteiger charge is 2.28. The number of methoxy groups -OCH3 is 1. The fraction of sp³-hybridized carbons (Fsp3) is 0.533. The van der Waals surface area contributed by atoms with Crippen LogP contribution in [-0.2, 0) is 0 Å². The third kappa shape index (κ3) is 3.78. The second-order valence-electron chi connectivity index (χ2n) is 5.34.